The highest BCUT2D eigenvalue weighted by Gasteiger charge is 2.29. The lowest BCUT2D eigenvalue weighted by Crippen LogP contribution is -2.31. The Morgan fingerprint density at radius 1 is 1.17 bits per heavy atom. The fraction of sp³-hybridized carbons (Fsp3) is 0.625. The van der Waals surface area contributed by atoms with Crippen molar-refractivity contribution in [2.75, 3.05) is 42.6 Å². The summed E-state index contributed by atoms with van der Waals surface area (Å²) in [7, 11) is 0. The number of hydrogen-bond donors (Lipinski definition) is 0. The van der Waals surface area contributed by atoms with Crippen LogP contribution in [0, 0.1) is 0 Å². The van der Waals surface area contributed by atoms with Crippen LogP contribution in [0.4, 0.5) is 11.1 Å². The van der Waals surface area contributed by atoms with E-state index in [1.165, 1.54) is 17.8 Å². The predicted octanol–water partition coefficient (Wildman–Crippen LogP) is 2.32. The van der Waals surface area contributed by atoms with Crippen molar-refractivity contribution < 1.29 is 4.74 Å². The van der Waals surface area contributed by atoms with Crippen LogP contribution in [0.1, 0.15) is 37.1 Å². The van der Waals surface area contributed by atoms with E-state index in [0.717, 1.165) is 43.7 Å². The average molecular weight is 346 g/mol. The molecule has 0 bridgehead atoms. The summed E-state index contributed by atoms with van der Waals surface area (Å²) in [6.07, 6.45) is 5.37. The predicted molar refractivity (Wildman–Crippen MR) is 94.1 cm³/mol. The van der Waals surface area contributed by atoms with Gasteiger partial charge >= 0.3 is 0 Å². The van der Waals surface area contributed by atoms with Crippen molar-refractivity contribution in [1.29, 1.82) is 0 Å². The Bertz CT molecular complexity index is 689. The fourth-order valence-electron chi connectivity index (χ4n) is 2.87. The maximum Gasteiger partial charge on any atom is 0.228 e. The second-order valence-corrected chi connectivity index (χ2v) is 7.14. The van der Waals surface area contributed by atoms with Crippen molar-refractivity contribution in [2.45, 2.75) is 32.1 Å². The molecule has 0 N–H and O–H groups in total. The van der Waals surface area contributed by atoms with Crippen molar-refractivity contribution >= 4 is 22.4 Å². The molecule has 0 radical (unpaired) electrons. The van der Waals surface area contributed by atoms with E-state index in [1.54, 1.807) is 23.6 Å². The highest BCUT2D eigenvalue weighted by atomic mass is 32.1. The van der Waals surface area contributed by atoms with Crippen LogP contribution in [-0.2, 0) is 0 Å². The second-order valence-electron chi connectivity index (χ2n) is 6.15. The summed E-state index contributed by atoms with van der Waals surface area (Å²) in [5, 5.41) is 11.0. The Morgan fingerprint density at radius 2 is 2.00 bits per heavy atom. The smallest absolute Gasteiger partial charge is 0.228 e. The van der Waals surface area contributed by atoms with Gasteiger partial charge in [-0.2, -0.15) is 4.98 Å². The fourth-order valence-corrected chi connectivity index (χ4v) is 3.94. The highest BCUT2D eigenvalue weighted by Crippen LogP contribution is 2.42. The summed E-state index contributed by atoms with van der Waals surface area (Å²) in [4.78, 5) is 13.5. The molecule has 1 saturated carbocycles. The van der Waals surface area contributed by atoms with Gasteiger partial charge in [-0.05, 0) is 26.2 Å². The number of hydrogen-bond acceptors (Lipinski definition) is 8. The van der Waals surface area contributed by atoms with Gasteiger partial charge in [-0.1, -0.05) is 11.3 Å². The molecular formula is C16H22N6OS. The van der Waals surface area contributed by atoms with Crippen LogP contribution in [0.2, 0.25) is 0 Å². The molecule has 8 heteroatoms. The molecule has 1 aliphatic heterocycles. The molecule has 2 fully saturated rings. The first kappa shape index (κ1) is 15.6. The minimum Gasteiger partial charge on any atom is -0.478 e. The zero-order valence-corrected chi connectivity index (χ0v) is 14.7. The number of ether oxygens (including phenoxy) is 1. The van der Waals surface area contributed by atoms with Gasteiger partial charge in [0.05, 0.1) is 6.61 Å². The first-order chi connectivity index (χ1) is 11.8. The van der Waals surface area contributed by atoms with E-state index in [4.69, 9.17) is 4.74 Å². The van der Waals surface area contributed by atoms with Gasteiger partial charge in [-0.15, -0.1) is 10.2 Å². The molecule has 2 aromatic heterocycles. The molecule has 7 nitrogen and oxygen atoms in total. The van der Waals surface area contributed by atoms with Gasteiger partial charge in [0.1, 0.15) is 5.01 Å². The third-order valence-corrected chi connectivity index (χ3v) is 5.46. The van der Waals surface area contributed by atoms with E-state index in [2.05, 4.69) is 30.0 Å². The molecule has 4 rings (SSSR count). The normalized spacial score (nSPS) is 18.5. The molecule has 128 valence electrons. The molecule has 24 heavy (non-hydrogen) atoms. The molecule has 0 spiro atoms. The van der Waals surface area contributed by atoms with Crippen molar-refractivity contribution in [3.63, 3.8) is 0 Å². The van der Waals surface area contributed by atoms with E-state index < -0.39 is 0 Å². The summed E-state index contributed by atoms with van der Waals surface area (Å²) < 4.78 is 5.49. The zero-order chi connectivity index (χ0) is 16.4. The van der Waals surface area contributed by atoms with Crippen LogP contribution in [0.15, 0.2) is 12.3 Å². The van der Waals surface area contributed by atoms with Crippen LogP contribution >= 0.6 is 11.3 Å². The van der Waals surface area contributed by atoms with Gasteiger partial charge in [0.15, 0.2) is 0 Å². The second kappa shape index (κ2) is 6.88. The summed E-state index contributed by atoms with van der Waals surface area (Å²) in [6.45, 7) is 6.32. The number of anilines is 2. The molecular weight excluding hydrogens is 324 g/mol. The number of rotatable bonds is 5. The molecule has 0 atom stereocenters. The first-order valence-corrected chi connectivity index (χ1v) is 9.44. The van der Waals surface area contributed by atoms with Gasteiger partial charge in [-0.25, -0.2) is 4.98 Å². The third kappa shape index (κ3) is 3.43. The third-order valence-electron chi connectivity index (χ3n) is 4.32. The summed E-state index contributed by atoms with van der Waals surface area (Å²) in [6, 6.07) is 1.80. The molecule has 0 aromatic carbocycles. The summed E-state index contributed by atoms with van der Waals surface area (Å²) >= 11 is 1.76. The number of aromatic nitrogens is 4. The molecule has 1 aliphatic carbocycles. The maximum absolute atomic E-state index is 5.49. The van der Waals surface area contributed by atoms with Crippen LogP contribution in [0.5, 0.6) is 5.88 Å². The van der Waals surface area contributed by atoms with Crippen LogP contribution < -0.4 is 14.5 Å². The van der Waals surface area contributed by atoms with E-state index >= 15 is 0 Å². The van der Waals surface area contributed by atoms with Crippen molar-refractivity contribution in [3.05, 3.63) is 17.3 Å². The van der Waals surface area contributed by atoms with Gasteiger partial charge in [0, 0.05) is 44.4 Å². The Hall–Kier alpha value is -1.96. The lowest BCUT2D eigenvalue weighted by atomic mass is 10.4. The van der Waals surface area contributed by atoms with E-state index in [9.17, 15) is 0 Å². The Balaban J connectivity index is 1.42. The molecule has 1 saturated heterocycles. The topological polar surface area (TPSA) is 67.3 Å². The molecule has 0 unspecified atom stereocenters. The number of nitrogens with zero attached hydrogens (tertiary/aromatic N) is 6. The van der Waals surface area contributed by atoms with Crippen LogP contribution in [-0.4, -0.2) is 53.0 Å². The molecule has 0 amide bonds. The van der Waals surface area contributed by atoms with Gasteiger partial charge in [-0.3, -0.25) is 0 Å². The minimum atomic E-state index is 0.616. The van der Waals surface area contributed by atoms with Gasteiger partial charge < -0.3 is 14.5 Å². The Kier molecular flexibility index (Phi) is 4.46. The lowest BCUT2D eigenvalue weighted by Gasteiger charge is -2.21. The van der Waals surface area contributed by atoms with Crippen molar-refractivity contribution in [3.8, 4) is 5.88 Å². The quantitative estimate of drug-likeness (QED) is 0.823. The van der Waals surface area contributed by atoms with Crippen molar-refractivity contribution in [1.82, 2.24) is 20.2 Å². The largest absolute Gasteiger partial charge is 0.478 e. The zero-order valence-electron chi connectivity index (χ0n) is 13.9. The van der Waals surface area contributed by atoms with E-state index in [0.29, 0.717) is 18.4 Å². The van der Waals surface area contributed by atoms with Gasteiger partial charge in [0.2, 0.25) is 17.0 Å². The Morgan fingerprint density at radius 3 is 2.83 bits per heavy atom. The maximum atomic E-state index is 5.49. The first-order valence-electron chi connectivity index (χ1n) is 8.62. The molecule has 2 aromatic rings. The highest BCUT2D eigenvalue weighted by molar-refractivity contribution is 7.15. The monoisotopic (exact) mass is 346 g/mol. The van der Waals surface area contributed by atoms with Crippen LogP contribution in [0.25, 0.3) is 0 Å². The molecule has 3 heterocycles. The van der Waals surface area contributed by atoms with Crippen molar-refractivity contribution in [2.24, 2.45) is 0 Å². The summed E-state index contributed by atoms with van der Waals surface area (Å²) in [5.41, 5.74) is 0. The minimum absolute atomic E-state index is 0.616. The van der Waals surface area contributed by atoms with Crippen LogP contribution in [0.3, 0.4) is 0 Å². The summed E-state index contributed by atoms with van der Waals surface area (Å²) in [5.74, 6) is 2.06. The molecule has 2 aliphatic rings. The SMILES string of the molecule is CCOc1ccnc(N2CCCN(c3nnc(C4CC4)s3)CC2)n1. The Labute approximate surface area is 145 Å². The lowest BCUT2D eigenvalue weighted by molar-refractivity contribution is 0.326. The standard InChI is InChI=1S/C16H22N6OS/c1-2-23-13-6-7-17-15(18-13)21-8-3-9-22(11-10-21)16-20-19-14(24-16)12-4-5-12/h6-7,12H,2-5,8-11H2,1H3. The van der Waals surface area contributed by atoms with E-state index in [1.807, 2.05) is 6.92 Å². The van der Waals surface area contributed by atoms with E-state index in [-0.39, 0.29) is 0 Å². The van der Waals surface area contributed by atoms with Gasteiger partial charge in [0.25, 0.3) is 0 Å². The average Bonchev–Trinajstić information content (AvgIpc) is 3.38.